The van der Waals surface area contributed by atoms with Crippen LogP contribution < -0.4 is 10.2 Å². The molecule has 0 aromatic heterocycles. The topological polar surface area (TPSA) is 112 Å². The molecule has 0 aliphatic rings. The van der Waals surface area contributed by atoms with Gasteiger partial charge in [0, 0.05) is 0 Å². The van der Waals surface area contributed by atoms with Crippen molar-refractivity contribution in [3.8, 4) is 0 Å². The summed E-state index contributed by atoms with van der Waals surface area (Å²) in [7, 11) is 0. The molecule has 0 rings (SSSR count). The standard InChI is InChI=1S/2C2HF3O2.Co.H2O/c2*3-2(4,5)1(6)7;;/h2*(H,6,7);;1H2/q;;+2;/p-2. The second kappa shape index (κ2) is 8.17. The number of carbonyl (C=O) groups excluding carboxylic acids is 2. The van der Waals surface area contributed by atoms with Gasteiger partial charge in [0.05, 0.1) is 0 Å². The Morgan fingerprint density at radius 2 is 0.812 bits per heavy atom. The van der Waals surface area contributed by atoms with Crippen LogP contribution in [0.5, 0.6) is 0 Å². The normalized spacial score (nSPS) is 9.88. The van der Waals surface area contributed by atoms with Crippen LogP contribution in [-0.4, -0.2) is 29.8 Å². The van der Waals surface area contributed by atoms with E-state index in [9.17, 15) is 26.3 Å². The second-order valence-electron chi connectivity index (χ2n) is 1.57. The molecule has 16 heavy (non-hydrogen) atoms. The average Bonchev–Trinajstić information content (AvgIpc) is 1.83. The number of rotatable bonds is 0. The fraction of sp³-hybridized carbons (Fsp3) is 0.500. The van der Waals surface area contributed by atoms with Crippen molar-refractivity contribution < 1.29 is 68.4 Å². The van der Waals surface area contributed by atoms with E-state index in [-0.39, 0.29) is 22.3 Å². The van der Waals surface area contributed by atoms with Gasteiger partial charge >= 0.3 is 29.1 Å². The smallest absolute Gasteiger partial charge is 0.542 e. The van der Waals surface area contributed by atoms with Crippen LogP contribution in [0.25, 0.3) is 0 Å². The van der Waals surface area contributed by atoms with Gasteiger partial charge in [-0.15, -0.1) is 0 Å². The average molecular weight is 303 g/mol. The summed E-state index contributed by atoms with van der Waals surface area (Å²) in [6.07, 6.45) is -10.4. The number of carboxylic acids is 2. The molecule has 0 heterocycles. The minimum absolute atomic E-state index is 0. The summed E-state index contributed by atoms with van der Waals surface area (Å²) in [5.41, 5.74) is 0. The van der Waals surface area contributed by atoms with Crippen molar-refractivity contribution in [2.45, 2.75) is 12.4 Å². The van der Waals surface area contributed by atoms with Crippen LogP contribution in [0.1, 0.15) is 0 Å². The number of hydrogen-bond donors (Lipinski definition) is 0. The summed E-state index contributed by atoms with van der Waals surface area (Å²) in [5, 5.41) is 17.6. The largest absolute Gasteiger partial charge is 2.00 e. The molecule has 1 radical (unpaired) electrons. The molecule has 0 unspecified atom stereocenters. The first-order valence-corrected chi connectivity index (χ1v) is 2.45. The van der Waals surface area contributed by atoms with Gasteiger partial charge in [0.25, 0.3) is 0 Å². The summed E-state index contributed by atoms with van der Waals surface area (Å²) in [4.78, 5) is 17.6. The molecule has 0 bridgehead atoms. The van der Waals surface area contributed by atoms with E-state index in [1.165, 1.54) is 0 Å². The molecule has 0 aromatic rings. The van der Waals surface area contributed by atoms with E-state index in [0.717, 1.165) is 0 Å². The zero-order valence-electron chi connectivity index (χ0n) is 6.73. The molecule has 0 fully saturated rings. The van der Waals surface area contributed by atoms with Crippen molar-refractivity contribution in [2.24, 2.45) is 0 Å². The van der Waals surface area contributed by atoms with Crippen LogP contribution in [0.3, 0.4) is 0 Å². The summed E-state index contributed by atoms with van der Waals surface area (Å²) in [5.74, 6) is -6.01. The maximum atomic E-state index is 10.5. The summed E-state index contributed by atoms with van der Waals surface area (Å²) in [6.45, 7) is 0. The number of carbonyl (C=O) groups is 2. The van der Waals surface area contributed by atoms with Crippen molar-refractivity contribution >= 4 is 11.9 Å². The maximum absolute atomic E-state index is 10.5. The molecule has 12 heteroatoms. The van der Waals surface area contributed by atoms with Gasteiger partial charge in [-0.1, -0.05) is 0 Å². The SMILES string of the molecule is O.O=C([O-])C(F)(F)F.O=C([O-])C(F)(F)F.[Co+2]. The van der Waals surface area contributed by atoms with Crippen LogP contribution in [0.4, 0.5) is 26.3 Å². The number of aliphatic carboxylic acids is 2. The predicted octanol–water partition coefficient (Wildman–Crippen LogP) is -2.23. The van der Waals surface area contributed by atoms with Crippen molar-refractivity contribution in [1.82, 2.24) is 0 Å². The zero-order valence-corrected chi connectivity index (χ0v) is 7.78. The summed E-state index contributed by atoms with van der Waals surface area (Å²) < 4.78 is 63.1. The van der Waals surface area contributed by atoms with Crippen LogP contribution in [-0.2, 0) is 26.4 Å². The minimum atomic E-state index is -5.19. The predicted molar refractivity (Wildman–Crippen MR) is 25.7 cm³/mol. The number of hydrogen-bond acceptors (Lipinski definition) is 4. The molecule has 0 aliphatic heterocycles. The Morgan fingerprint density at radius 3 is 0.812 bits per heavy atom. The quantitative estimate of drug-likeness (QED) is 0.471. The molecule has 0 saturated heterocycles. The van der Waals surface area contributed by atoms with E-state index in [0.29, 0.717) is 0 Å². The van der Waals surface area contributed by atoms with Gasteiger partial charge in [0.15, 0.2) is 0 Å². The van der Waals surface area contributed by atoms with Crippen molar-refractivity contribution in [1.29, 1.82) is 0 Å². The van der Waals surface area contributed by atoms with Crippen molar-refractivity contribution in [3.63, 3.8) is 0 Å². The first kappa shape index (κ1) is 24.3. The van der Waals surface area contributed by atoms with Gasteiger partial charge in [0.2, 0.25) is 0 Å². The van der Waals surface area contributed by atoms with Crippen LogP contribution in [0.15, 0.2) is 0 Å². The second-order valence-corrected chi connectivity index (χ2v) is 1.57. The van der Waals surface area contributed by atoms with Gasteiger partial charge in [-0.3, -0.25) is 0 Å². The Balaban J connectivity index is -0.0000000800. The summed E-state index contributed by atoms with van der Waals surface area (Å²) in [6, 6.07) is 0. The van der Waals surface area contributed by atoms with E-state index in [4.69, 9.17) is 19.8 Å². The molecular weight excluding hydrogens is 301 g/mol. The van der Waals surface area contributed by atoms with Crippen molar-refractivity contribution in [3.05, 3.63) is 0 Å². The Morgan fingerprint density at radius 1 is 0.750 bits per heavy atom. The Bertz CT molecular complexity index is 198. The van der Waals surface area contributed by atoms with E-state index in [2.05, 4.69) is 0 Å². The molecule has 5 nitrogen and oxygen atoms in total. The fourth-order valence-corrected chi connectivity index (χ4v) is 0. The van der Waals surface area contributed by atoms with Crippen LogP contribution in [0.2, 0.25) is 0 Å². The fourth-order valence-electron chi connectivity index (χ4n) is 0. The van der Waals surface area contributed by atoms with E-state index in [1.54, 1.807) is 0 Å². The van der Waals surface area contributed by atoms with E-state index >= 15 is 0 Å². The third-order valence-electron chi connectivity index (χ3n) is 0.463. The van der Waals surface area contributed by atoms with Gasteiger partial charge in [-0.05, 0) is 0 Å². The first-order valence-electron chi connectivity index (χ1n) is 2.45. The maximum Gasteiger partial charge on any atom is 2.00 e. The Kier molecular flexibility index (Phi) is 12.4. The molecule has 0 amide bonds. The van der Waals surface area contributed by atoms with Crippen molar-refractivity contribution in [2.75, 3.05) is 0 Å². The molecule has 2 N–H and O–H groups in total. The summed E-state index contributed by atoms with van der Waals surface area (Å²) >= 11 is 0. The van der Waals surface area contributed by atoms with Gasteiger partial charge < -0.3 is 25.3 Å². The van der Waals surface area contributed by atoms with Crippen LogP contribution >= 0.6 is 0 Å². The molecule has 0 atom stereocenters. The first-order chi connectivity index (χ1) is 5.89. The van der Waals surface area contributed by atoms with E-state index in [1.807, 2.05) is 0 Å². The molecule has 0 spiro atoms. The molecule has 0 saturated carbocycles. The number of carboxylic acid groups (broad SMARTS) is 2. The molecule has 0 aliphatic carbocycles. The number of halogens is 6. The molecule has 0 aromatic carbocycles. The third kappa shape index (κ3) is 15.5. The molecule has 99 valence electrons. The Hall–Kier alpha value is -1.01. The van der Waals surface area contributed by atoms with E-state index < -0.39 is 24.3 Å². The van der Waals surface area contributed by atoms with Gasteiger partial charge in [0.1, 0.15) is 11.9 Å². The van der Waals surface area contributed by atoms with Crippen LogP contribution in [0, 0.1) is 0 Å². The minimum Gasteiger partial charge on any atom is -0.542 e. The monoisotopic (exact) mass is 303 g/mol. The zero-order chi connectivity index (χ0) is 12.2. The Labute approximate surface area is 93.5 Å². The van der Waals surface area contributed by atoms with Gasteiger partial charge in [-0.25, -0.2) is 0 Å². The third-order valence-corrected chi connectivity index (χ3v) is 0.463. The number of alkyl halides is 6. The van der Waals surface area contributed by atoms with Gasteiger partial charge in [-0.2, -0.15) is 26.3 Å². The molecular formula is C4H2CoF6O5.